The minimum atomic E-state index is -0.102. The van der Waals surface area contributed by atoms with E-state index in [1.807, 2.05) is 7.11 Å². The van der Waals surface area contributed by atoms with Crippen LogP contribution in [0, 0.1) is 51.2 Å². The molecule has 1 N–H and O–H groups in total. The standard InChI is InChI=1S/C22H35NO2/c1-20-9-8-16(24)11-14(20)5-6-17-19(20)18(25-4)12-22(3)15(13-23)7-10-21(17,22)2/h14-19,24H,5-12H2,1-4H3/t14-,15-,16-,17-,18+,19?,20+,21+,22-/m1/s1. The van der Waals surface area contributed by atoms with Crippen molar-refractivity contribution in [2.45, 2.75) is 84.3 Å². The Morgan fingerprint density at radius 1 is 1.04 bits per heavy atom. The topological polar surface area (TPSA) is 53.2 Å². The fourth-order valence-corrected chi connectivity index (χ4v) is 8.11. The molecule has 0 spiro atoms. The van der Waals surface area contributed by atoms with Crippen LogP contribution in [0.5, 0.6) is 0 Å². The molecule has 25 heavy (non-hydrogen) atoms. The molecule has 3 heteroatoms. The maximum absolute atomic E-state index is 10.2. The Morgan fingerprint density at radius 2 is 1.80 bits per heavy atom. The highest BCUT2D eigenvalue weighted by Gasteiger charge is 2.68. The van der Waals surface area contributed by atoms with Crippen molar-refractivity contribution < 1.29 is 9.84 Å². The molecule has 9 atom stereocenters. The quantitative estimate of drug-likeness (QED) is 0.759. The highest BCUT2D eigenvalue weighted by molar-refractivity contribution is 5.19. The molecule has 4 rings (SSSR count). The summed E-state index contributed by atoms with van der Waals surface area (Å²) >= 11 is 0. The lowest BCUT2D eigenvalue weighted by Gasteiger charge is -2.66. The Labute approximate surface area is 153 Å². The Hall–Kier alpha value is -0.590. The number of aliphatic hydroxyl groups is 1. The van der Waals surface area contributed by atoms with Crippen LogP contribution in [0.2, 0.25) is 0 Å². The van der Waals surface area contributed by atoms with Gasteiger partial charge in [-0.25, -0.2) is 0 Å². The molecule has 0 aromatic carbocycles. The van der Waals surface area contributed by atoms with Gasteiger partial charge in [0.05, 0.1) is 24.2 Å². The summed E-state index contributed by atoms with van der Waals surface area (Å²) in [7, 11) is 1.88. The molecule has 0 amide bonds. The van der Waals surface area contributed by atoms with Crippen LogP contribution in [0.15, 0.2) is 0 Å². The van der Waals surface area contributed by atoms with E-state index in [1.165, 1.54) is 19.3 Å². The Balaban J connectivity index is 1.76. The lowest BCUT2D eigenvalue weighted by Crippen LogP contribution is -2.62. The average Bonchev–Trinajstić information content (AvgIpc) is 2.85. The molecule has 140 valence electrons. The van der Waals surface area contributed by atoms with Gasteiger partial charge in [0.1, 0.15) is 0 Å². The van der Waals surface area contributed by atoms with Crippen LogP contribution in [-0.4, -0.2) is 24.4 Å². The highest BCUT2D eigenvalue weighted by atomic mass is 16.5. The molecule has 0 bridgehead atoms. The van der Waals surface area contributed by atoms with Crippen molar-refractivity contribution >= 4 is 0 Å². The van der Waals surface area contributed by atoms with Gasteiger partial charge in [-0.3, -0.25) is 0 Å². The third kappa shape index (κ3) is 2.16. The average molecular weight is 346 g/mol. The number of hydrogen-bond donors (Lipinski definition) is 1. The van der Waals surface area contributed by atoms with Gasteiger partial charge in [0, 0.05) is 7.11 Å². The second-order valence-electron chi connectivity index (χ2n) is 10.4. The predicted octanol–water partition coefficient (Wildman–Crippen LogP) is 4.54. The largest absolute Gasteiger partial charge is 0.393 e. The first-order valence-corrected chi connectivity index (χ1v) is 10.4. The minimum Gasteiger partial charge on any atom is -0.393 e. The molecule has 4 saturated carbocycles. The van der Waals surface area contributed by atoms with Gasteiger partial charge >= 0.3 is 0 Å². The van der Waals surface area contributed by atoms with E-state index in [4.69, 9.17) is 4.74 Å². The number of ether oxygens (including phenoxy) is 1. The van der Waals surface area contributed by atoms with Crippen molar-refractivity contribution in [1.29, 1.82) is 5.26 Å². The van der Waals surface area contributed by atoms with E-state index >= 15 is 0 Å². The number of nitrogens with zero attached hydrogens (tertiary/aromatic N) is 1. The van der Waals surface area contributed by atoms with Crippen molar-refractivity contribution in [1.82, 2.24) is 0 Å². The molecular formula is C22H35NO2. The molecule has 1 unspecified atom stereocenters. The van der Waals surface area contributed by atoms with Crippen LogP contribution in [-0.2, 0) is 4.74 Å². The summed E-state index contributed by atoms with van der Waals surface area (Å²) in [4.78, 5) is 0. The van der Waals surface area contributed by atoms with Crippen LogP contribution < -0.4 is 0 Å². The van der Waals surface area contributed by atoms with Gasteiger partial charge in [-0.05, 0) is 85.4 Å². The van der Waals surface area contributed by atoms with E-state index in [9.17, 15) is 10.4 Å². The zero-order valence-corrected chi connectivity index (χ0v) is 16.4. The molecular weight excluding hydrogens is 310 g/mol. The maximum Gasteiger partial charge on any atom is 0.0661 e. The van der Waals surface area contributed by atoms with E-state index < -0.39 is 0 Å². The van der Waals surface area contributed by atoms with Gasteiger partial charge < -0.3 is 9.84 Å². The summed E-state index contributed by atoms with van der Waals surface area (Å²) < 4.78 is 6.14. The Kier molecular flexibility index (Phi) is 4.06. The molecule has 0 heterocycles. The van der Waals surface area contributed by atoms with Gasteiger partial charge in [0.15, 0.2) is 0 Å². The summed E-state index contributed by atoms with van der Waals surface area (Å²) in [6.45, 7) is 7.37. The highest BCUT2D eigenvalue weighted by Crippen LogP contribution is 2.72. The van der Waals surface area contributed by atoms with Crippen LogP contribution >= 0.6 is 0 Å². The smallest absolute Gasteiger partial charge is 0.0661 e. The minimum absolute atomic E-state index is 0.0843. The lowest BCUT2D eigenvalue weighted by molar-refractivity contribution is -0.212. The fourth-order valence-electron chi connectivity index (χ4n) is 8.11. The molecule has 4 aliphatic rings. The van der Waals surface area contributed by atoms with Crippen molar-refractivity contribution in [2.24, 2.45) is 39.9 Å². The SMILES string of the molecule is CO[C@H]1C[C@]2(C)[C@@H](C#N)CC[C@@]2(C)[C@@H]2CC[C@@H]3C[C@H](O)CC[C@]3(C)C12. The third-order valence-electron chi connectivity index (χ3n) is 9.86. The van der Waals surface area contributed by atoms with Crippen molar-refractivity contribution in [3.05, 3.63) is 0 Å². The van der Waals surface area contributed by atoms with E-state index in [0.717, 1.165) is 32.1 Å². The zero-order chi connectivity index (χ0) is 18.0. The first-order valence-electron chi connectivity index (χ1n) is 10.4. The molecule has 0 aromatic rings. The number of rotatable bonds is 1. The maximum atomic E-state index is 10.2. The van der Waals surface area contributed by atoms with Crippen molar-refractivity contribution in [3.63, 3.8) is 0 Å². The molecule has 0 saturated heterocycles. The van der Waals surface area contributed by atoms with Crippen LogP contribution in [0.3, 0.4) is 0 Å². The van der Waals surface area contributed by atoms with Crippen LogP contribution in [0.25, 0.3) is 0 Å². The zero-order valence-electron chi connectivity index (χ0n) is 16.4. The van der Waals surface area contributed by atoms with E-state index in [2.05, 4.69) is 26.8 Å². The number of methoxy groups -OCH3 is 1. The predicted molar refractivity (Wildman–Crippen MR) is 97.6 cm³/mol. The molecule has 4 aliphatic carbocycles. The Morgan fingerprint density at radius 3 is 2.48 bits per heavy atom. The van der Waals surface area contributed by atoms with Gasteiger partial charge in [-0.15, -0.1) is 0 Å². The Bertz CT molecular complexity index is 585. The van der Waals surface area contributed by atoms with Crippen LogP contribution in [0.4, 0.5) is 0 Å². The summed E-state index contributed by atoms with van der Waals surface area (Å²) in [5.74, 6) is 2.05. The van der Waals surface area contributed by atoms with E-state index in [1.54, 1.807) is 0 Å². The summed E-state index contributed by atoms with van der Waals surface area (Å²) in [5.41, 5.74) is 0.635. The second kappa shape index (κ2) is 5.70. The van der Waals surface area contributed by atoms with Crippen molar-refractivity contribution in [2.75, 3.05) is 7.11 Å². The number of fused-ring (bicyclic) bond motifs is 5. The molecule has 0 radical (unpaired) electrons. The first-order chi connectivity index (χ1) is 11.8. The van der Waals surface area contributed by atoms with E-state index in [-0.39, 0.29) is 34.4 Å². The third-order valence-corrected chi connectivity index (χ3v) is 9.86. The summed E-state index contributed by atoms with van der Waals surface area (Å²) in [6, 6.07) is 2.65. The van der Waals surface area contributed by atoms with Gasteiger partial charge in [-0.2, -0.15) is 5.26 Å². The summed E-state index contributed by atoms with van der Waals surface area (Å²) in [6.07, 6.45) is 9.00. The molecule has 4 fully saturated rings. The van der Waals surface area contributed by atoms with Gasteiger partial charge in [-0.1, -0.05) is 20.8 Å². The molecule has 0 aliphatic heterocycles. The second-order valence-corrected chi connectivity index (χ2v) is 10.4. The molecule has 0 aromatic heterocycles. The van der Waals surface area contributed by atoms with Gasteiger partial charge in [0.25, 0.3) is 0 Å². The van der Waals surface area contributed by atoms with Crippen LogP contribution in [0.1, 0.15) is 72.1 Å². The number of nitriles is 1. The lowest BCUT2D eigenvalue weighted by atomic mass is 9.40. The van der Waals surface area contributed by atoms with E-state index in [0.29, 0.717) is 17.8 Å². The first kappa shape index (κ1) is 17.8. The molecule has 3 nitrogen and oxygen atoms in total. The summed E-state index contributed by atoms with van der Waals surface area (Å²) in [5, 5.41) is 20.0. The van der Waals surface area contributed by atoms with Crippen molar-refractivity contribution in [3.8, 4) is 6.07 Å². The number of aliphatic hydroxyl groups excluding tert-OH is 1. The van der Waals surface area contributed by atoms with Gasteiger partial charge in [0.2, 0.25) is 0 Å². The number of hydrogen-bond acceptors (Lipinski definition) is 3. The normalized spacial score (nSPS) is 57.9. The fraction of sp³-hybridized carbons (Fsp3) is 0.955. The monoisotopic (exact) mass is 345 g/mol.